The molecule has 0 unspecified atom stereocenters. The second kappa shape index (κ2) is 8.48. The van der Waals surface area contributed by atoms with E-state index in [1.165, 1.54) is 35.0 Å². The van der Waals surface area contributed by atoms with Gasteiger partial charge in [0.15, 0.2) is 0 Å². The maximum atomic E-state index is 4.42. The molecule has 0 spiro atoms. The summed E-state index contributed by atoms with van der Waals surface area (Å²) in [5.41, 5.74) is 4.77. The maximum Gasteiger partial charge on any atom is 0.0707 e. The molecule has 0 aliphatic rings. The molecule has 2 heteroatoms. The molecule has 3 aromatic rings. The topological polar surface area (TPSA) is 16.1 Å². The highest BCUT2D eigenvalue weighted by molar-refractivity contribution is 5.90. The lowest BCUT2D eigenvalue weighted by molar-refractivity contribution is 0.745. The summed E-state index contributed by atoms with van der Waals surface area (Å²) in [4.78, 5) is 6.89. The second-order valence-corrected chi connectivity index (χ2v) is 6.33. The van der Waals surface area contributed by atoms with E-state index in [9.17, 15) is 0 Å². The average molecular weight is 330 g/mol. The number of hydrogen-bond acceptors (Lipinski definition) is 2. The van der Waals surface area contributed by atoms with Crippen molar-refractivity contribution in [2.45, 2.75) is 26.7 Å². The third kappa shape index (κ3) is 4.27. The average Bonchev–Trinajstić information content (AvgIpc) is 2.66. The number of anilines is 1. The molecule has 0 radical (unpaired) electrons. The van der Waals surface area contributed by atoms with Crippen molar-refractivity contribution in [3.8, 4) is 0 Å². The van der Waals surface area contributed by atoms with Crippen LogP contribution in [0, 0.1) is 0 Å². The predicted molar refractivity (Wildman–Crippen MR) is 110 cm³/mol. The van der Waals surface area contributed by atoms with Crippen LogP contribution in [-0.4, -0.2) is 18.1 Å². The first-order valence-corrected chi connectivity index (χ1v) is 9.18. The molecule has 2 nitrogen and oxygen atoms in total. The molecule has 128 valence electrons. The van der Waals surface area contributed by atoms with Gasteiger partial charge in [-0.1, -0.05) is 56.3 Å². The first kappa shape index (κ1) is 17.2. The molecule has 1 heterocycles. The van der Waals surface area contributed by atoms with Crippen LogP contribution in [0.1, 0.15) is 37.8 Å². The molecule has 3 rings (SSSR count). The third-order valence-electron chi connectivity index (χ3n) is 4.38. The van der Waals surface area contributed by atoms with Gasteiger partial charge in [-0.05, 0) is 48.2 Å². The molecule has 0 aliphatic heterocycles. The van der Waals surface area contributed by atoms with Crippen molar-refractivity contribution in [1.29, 1.82) is 0 Å². The lowest BCUT2D eigenvalue weighted by Crippen LogP contribution is -2.24. The van der Waals surface area contributed by atoms with Crippen molar-refractivity contribution >= 4 is 28.7 Å². The summed E-state index contributed by atoms with van der Waals surface area (Å²) in [6.07, 6.45) is 8.58. The van der Waals surface area contributed by atoms with E-state index in [-0.39, 0.29) is 0 Å². The lowest BCUT2D eigenvalue weighted by atomic mass is 10.1. The number of pyridine rings is 1. The van der Waals surface area contributed by atoms with Crippen molar-refractivity contribution in [3.63, 3.8) is 0 Å². The van der Waals surface area contributed by atoms with Crippen LogP contribution in [-0.2, 0) is 0 Å². The van der Waals surface area contributed by atoms with Gasteiger partial charge in [0.25, 0.3) is 0 Å². The summed E-state index contributed by atoms with van der Waals surface area (Å²) in [7, 11) is 0. The Kier molecular flexibility index (Phi) is 5.84. The van der Waals surface area contributed by atoms with Crippen LogP contribution < -0.4 is 4.90 Å². The Labute approximate surface area is 150 Å². The first-order chi connectivity index (χ1) is 12.3. The van der Waals surface area contributed by atoms with E-state index < -0.39 is 0 Å². The molecular weight excluding hydrogens is 304 g/mol. The molecule has 0 N–H and O–H groups in total. The van der Waals surface area contributed by atoms with Gasteiger partial charge in [-0.2, -0.15) is 0 Å². The van der Waals surface area contributed by atoms with Crippen LogP contribution in [0.4, 0.5) is 5.69 Å². The van der Waals surface area contributed by atoms with Gasteiger partial charge in [0.1, 0.15) is 0 Å². The summed E-state index contributed by atoms with van der Waals surface area (Å²) in [6, 6.07) is 19.2. The van der Waals surface area contributed by atoms with Gasteiger partial charge < -0.3 is 4.90 Å². The van der Waals surface area contributed by atoms with Gasteiger partial charge in [-0.25, -0.2) is 0 Å². The Morgan fingerprint density at radius 2 is 1.56 bits per heavy atom. The van der Waals surface area contributed by atoms with E-state index in [4.69, 9.17) is 0 Å². The Bertz CT molecular complexity index is 823. The van der Waals surface area contributed by atoms with Crippen LogP contribution in [0.2, 0.25) is 0 Å². The molecule has 25 heavy (non-hydrogen) atoms. The highest BCUT2D eigenvalue weighted by atomic mass is 15.1. The number of nitrogens with zero attached hydrogens (tertiary/aromatic N) is 2. The van der Waals surface area contributed by atoms with Crippen molar-refractivity contribution in [3.05, 3.63) is 71.9 Å². The Morgan fingerprint density at radius 1 is 0.840 bits per heavy atom. The SMILES string of the molecule is CCCN(CCC)c1ccc(/C=C\c2ccnc3ccccc23)cc1. The zero-order valence-corrected chi connectivity index (χ0v) is 15.2. The van der Waals surface area contributed by atoms with Crippen molar-refractivity contribution in [2.24, 2.45) is 0 Å². The summed E-state index contributed by atoms with van der Waals surface area (Å²) in [5, 5.41) is 1.19. The Morgan fingerprint density at radius 3 is 2.28 bits per heavy atom. The Hall–Kier alpha value is -2.61. The third-order valence-corrected chi connectivity index (χ3v) is 4.38. The van der Waals surface area contributed by atoms with E-state index >= 15 is 0 Å². The maximum absolute atomic E-state index is 4.42. The molecule has 0 bridgehead atoms. The Balaban J connectivity index is 1.79. The zero-order chi connectivity index (χ0) is 17.5. The number of benzene rings is 2. The van der Waals surface area contributed by atoms with Gasteiger partial charge in [-0.15, -0.1) is 0 Å². The van der Waals surface area contributed by atoms with Crippen molar-refractivity contribution in [2.75, 3.05) is 18.0 Å². The van der Waals surface area contributed by atoms with E-state index in [0.717, 1.165) is 18.6 Å². The fourth-order valence-electron chi connectivity index (χ4n) is 3.16. The van der Waals surface area contributed by atoms with Crippen molar-refractivity contribution < 1.29 is 0 Å². The van der Waals surface area contributed by atoms with Crippen LogP contribution in [0.25, 0.3) is 23.1 Å². The molecular formula is C23H26N2. The fraction of sp³-hybridized carbons (Fsp3) is 0.261. The largest absolute Gasteiger partial charge is 0.372 e. The number of hydrogen-bond donors (Lipinski definition) is 0. The standard InChI is InChI=1S/C23H26N2/c1-3-17-25(18-4-2)21-13-10-19(11-14-21)9-12-20-15-16-24-23-8-6-5-7-22(20)23/h5-16H,3-4,17-18H2,1-2H3/b12-9-. The fourth-order valence-corrected chi connectivity index (χ4v) is 3.16. The van der Waals surface area contributed by atoms with Crippen molar-refractivity contribution in [1.82, 2.24) is 4.98 Å². The van der Waals surface area contributed by atoms with E-state index in [2.05, 4.69) is 84.4 Å². The minimum absolute atomic E-state index is 1.04. The van der Waals surface area contributed by atoms with E-state index in [1.54, 1.807) is 0 Å². The number of rotatable bonds is 7. The van der Waals surface area contributed by atoms with Gasteiger partial charge >= 0.3 is 0 Å². The summed E-state index contributed by atoms with van der Waals surface area (Å²) in [5.74, 6) is 0. The monoisotopic (exact) mass is 330 g/mol. The summed E-state index contributed by atoms with van der Waals surface area (Å²) >= 11 is 0. The van der Waals surface area contributed by atoms with E-state index in [0.29, 0.717) is 0 Å². The highest BCUT2D eigenvalue weighted by Gasteiger charge is 2.03. The van der Waals surface area contributed by atoms with Crippen LogP contribution in [0.3, 0.4) is 0 Å². The van der Waals surface area contributed by atoms with Gasteiger partial charge in [0, 0.05) is 30.4 Å². The van der Waals surface area contributed by atoms with E-state index in [1.807, 2.05) is 12.3 Å². The molecule has 0 saturated carbocycles. The minimum Gasteiger partial charge on any atom is -0.372 e. The second-order valence-electron chi connectivity index (χ2n) is 6.33. The van der Waals surface area contributed by atoms with Gasteiger partial charge in [0.05, 0.1) is 5.52 Å². The zero-order valence-electron chi connectivity index (χ0n) is 15.2. The van der Waals surface area contributed by atoms with Gasteiger partial charge in [-0.3, -0.25) is 4.98 Å². The molecule has 2 aromatic carbocycles. The molecule has 1 aromatic heterocycles. The molecule has 0 saturated heterocycles. The number of fused-ring (bicyclic) bond motifs is 1. The molecule has 0 aliphatic carbocycles. The smallest absolute Gasteiger partial charge is 0.0707 e. The molecule has 0 amide bonds. The quantitative estimate of drug-likeness (QED) is 0.525. The molecule has 0 atom stereocenters. The van der Waals surface area contributed by atoms with Crippen LogP contribution >= 0.6 is 0 Å². The lowest BCUT2D eigenvalue weighted by Gasteiger charge is -2.23. The molecule has 0 fully saturated rings. The number of aromatic nitrogens is 1. The van der Waals surface area contributed by atoms with Crippen LogP contribution in [0.15, 0.2) is 60.8 Å². The predicted octanol–water partition coefficient (Wildman–Crippen LogP) is 6.03. The normalized spacial score (nSPS) is 11.3. The van der Waals surface area contributed by atoms with Crippen LogP contribution in [0.5, 0.6) is 0 Å². The summed E-state index contributed by atoms with van der Waals surface area (Å²) < 4.78 is 0. The minimum atomic E-state index is 1.04. The number of para-hydroxylation sites is 1. The highest BCUT2D eigenvalue weighted by Crippen LogP contribution is 2.20. The summed E-state index contributed by atoms with van der Waals surface area (Å²) in [6.45, 7) is 6.70. The van der Waals surface area contributed by atoms with Gasteiger partial charge in [0.2, 0.25) is 0 Å². The first-order valence-electron chi connectivity index (χ1n) is 9.18.